The van der Waals surface area contributed by atoms with Crippen LogP contribution in [0.4, 0.5) is 0 Å². The van der Waals surface area contributed by atoms with Crippen molar-refractivity contribution in [3.8, 4) is 11.3 Å². The lowest BCUT2D eigenvalue weighted by Gasteiger charge is -2.16. The first-order valence-electron chi connectivity index (χ1n) is 8.58. The number of carbonyl (C=O) groups is 1. The summed E-state index contributed by atoms with van der Waals surface area (Å²) in [5.74, 6) is -0.286. The van der Waals surface area contributed by atoms with Crippen molar-refractivity contribution in [1.82, 2.24) is 4.98 Å². The molecule has 0 aliphatic heterocycles. The number of carbonyl (C=O) groups excluding carboxylic acids is 1. The summed E-state index contributed by atoms with van der Waals surface area (Å²) in [6.45, 7) is 10.3. The number of hydrogen-bond donors (Lipinski definition) is 0. The molecule has 0 unspecified atom stereocenters. The maximum absolute atomic E-state index is 12.7. The Labute approximate surface area is 148 Å². The molecule has 0 radical (unpaired) electrons. The van der Waals surface area contributed by atoms with Crippen molar-refractivity contribution >= 4 is 16.9 Å². The number of benzene rings is 2. The second kappa shape index (κ2) is 6.67. The number of rotatable bonds is 3. The Morgan fingerprint density at radius 3 is 2.32 bits per heavy atom. The third kappa shape index (κ3) is 3.14. The molecule has 0 atom stereocenters. The lowest BCUT2D eigenvalue weighted by Crippen LogP contribution is -2.10. The highest BCUT2D eigenvalue weighted by Gasteiger charge is 2.21. The van der Waals surface area contributed by atoms with E-state index in [9.17, 15) is 4.79 Å². The Bertz CT molecular complexity index is 956. The zero-order valence-corrected chi connectivity index (χ0v) is 15.4. The summed E-state index contributed by atoms with van der Waals surface area (Å²) in [5.41, 5.74) is 7.55. The highest BCUT2D eigenvalue weighted by molar-refractivity contribution is 6.07. The van der Waals surface area contributed by atoms with E-state index in [1.807, 2.05) is 33.8 Å². The summed E-state index contributed by atoms with van der Waals surface area (Å²) < 4.78 is 5.34. The Morgan fingerprint density at radius 2 is 1.68 bits per heavy atom. The summed E-state index contributed by atoms with van der Waals surface area (Å²) in [7, 11) is 0. The van der Waals surface area contributed by atoms with Gasteiger partial charge in [0.15, 0.2) is 0 Å². The minimum atomic E-state index is -0.286. The number of esters is 1. The monoisotopic (exact) mass is 333 g/mol. The zero-order valence-electron chi connectivity index (χ0n) is 15.4. The van der Waals surface area contributed by atoms with E-state index < -0.39 is 0 Å². The standard InChI is InChI=1S/C22H23NO2/c1-6-25-22(24)19-16(5)21(17-9-7-13(2)8-10-17)23-20-15(4)11-14(3)12-18(19)20/h7-12H,6H2,1-5H3. The lowest BCUT2D eigenvalue weighted by molar-refractivity contribution is 0.0528. The molecule has 0 spiro atoms. The average Bonchev–Trinajstić information content (AvgIpc) is 2.55. The van der Waals surface area contributed by atoms with E-state index >= 15 is 0 Å². The van der Waals surface area contributed by atoms with E-state index in [1.54, 1.807) is 0 Å². The average molecular weight is 333 g/mol. The maximum atomic E-state index is 12.7. The van der Waals surface area contributed by atoms with Gasteiger partial charge < -0.3 is 4.74 Å². The van der Waals surface area contributed by atoms with Gasteiger partial charge in [-0.15, -0.1) is 0 Å². The van der Waals surface area contributed by atoms with Crippen molar-refractivity contribution in [2.24, 2.45) is 0 Å². The van der Waals surface area contributed by atoms with Gasteiger partial charge in [-0.05, 0) is 51.8 Å². The van der Waals surface area contributed by atoms with Gasteiger partial charge in [0.25, 0.3) is 0 Å². The number of aryl methyl sites for hydroxylation is 3. The van der Waals surface area contributed by atoms with Crippen molar-refractivity contribution in [2.75, 3.05) is 6.61 Å². The molecular weight excluding hydrogens is 310 g/mol. The van der Waals surface area contributed by atoms with E-state index in [2.05, 4.69) is 37.3 Å². The third-order valence-corrected chi connectivity index (χ3v) is 4.47. The molecule has 0 N–H and O–H groups in total. The number of hydrogen-bond acceptors (Lipinski definition) is 3. The summed E-state index contributed by atoms with van der Waals surface area (Å²) in [5, 5.41) is 0.865. The van der Waals surface area contributed by atoms with Gasteiger partial charge in [-0.2, -0.15) is 0 Å². The molecule has 0 aliphatic carbocycles. The largest absolute Gasteiger partial charge is 0.462 e. The number of aromatic nitrogens is 1. The fourth-order valence-electron chi connectivity index (χ4n) is 3.27. The first kappa shape index (κ1) is 17.2. The van der Waals surface area contributed by atoms with E-state index in [0.717, 1.165) is 38.9 Å². The molecule has 0 amide bonds. The van der Waals surface area contributed by atoms with Gasteiger partial charge in [0.1, 0.15) is 0 Å². The van der Waals surface area contributed by atoms with Crippen LogP contribution >= 0.6 is 0 Å². The summed E-state index contributed by atoms with van der Waals surface area (Å²) in [6.07, 6.45) is 0. The van der Waals surface area contributed by atoms with Crippen molar-refractivity contribution in [3.05, 3.63) is 64.2 Å². The van der Waals surface area contributed by atoms with Crippen LogP contribution < -0.4 is 0 Å². The summed E-state index contributed by atoms with van der Waals surface area (Å²) >= 11 is 0. The predicted molar refractivity (Wildman–Crippen MR) is 102 cm³/mol. The molecule has 3 nitrogen and oxygen atoms in total. The van der Waals surface area contributed by atoms with E-state index in [1.165, 1.54) is 5.56 Å². The zero-order chi connectivity index (χ0) is 18.1. The van der Waals surface area contributed by atoms with Gasteiger partial charge in [-0.1, -0.05) is 41.5 Å². The van der Waals surface area contributed by atoms with Crippen LogP contribution in [0.5, 0.6) is 0 Å². The molecular formula is C22H23NO2. The maximum Gasteiger partial charge on any atom is 0.339 e. The van der Waals surface area contributed by atoms with Crippen LogP contribution in [0.25, 0.3) is 22.2 Å². The molecule has 128 valence electrons. The molecule has 25 heavy (non-hydrogen) atoms. The minimum absolute atomic E-state index is 0.286. The smallest absolute Gasteiger partial charge is 0.339 e. The number of ether oxygens (including phenoxy) is 1. The molecule has 0 aliphatic rings. The first-order valence-corrected chi connectivity index (χ1v) is 8.58. The Kier molecular flexibility index (Phi) is 4.58. The van der Waals surface area contributed by atoms with E-state index in [-0.39, 0.29) is 5.97 Å². The molecule has 3 rings (SSSR count). The van der Waals surface area contributed by atoms with Crippen LogP contribution in [0.15, 0.2) is 36.4 Å². The molecule has 3 aromatic rings. The second-order valence-electron chi connectivity index (χ2n) is 6.52. The summed E-state index contributed by atoms with van der Waals surface area (Å²) in [6, 6.07) is 12.3. The van der Waals surface area contributed by atoms with Crippen LogP contribution in [0, 0.1) is 27.7 Å². The summed E-state index contributed by atoms with van der Waals surface area (Å²) in [4.78, 5) is 17.6. The molecule has 0 fully saturated rings. The van der Waals surface area contributed by atoms with Crippen molar-refractivity contribution in [2.45, 2.75) is 34.6 Å². The third-order valence-electron chi connectivity index (χ3n) is 4.47. The topological polar surface area (TPSA) is 39.2 Å². The fraction of sp³-hybridized carbons (Fsp3) is 0.273. The van der Waals surface area contributed by atoms with E-state index in [4.69, 9.17) is 9.72 Å². The molecule has 1 aromatic heterocycles. The molecule has 0 bridgehead atoms. The van der Waals surface area contributed by atoms with Gasteiger partial charge >= 0.3 is 5.97 Å². The van der Waals surface area contributed by atoms with Crippen molar-refractivity contribution in [1.29, 1.82) is 0 Å². The van der Waals surface area contributed by atoms with Crippen LogP contribution in [-0.4, -0.2) is 17.6 Å². The van der Waals surface area contributed by atoms with Gasteiger partial charge in [0.2, 0.25) is 0 Å². The number of nitrogens with zero attached hydrogens (tertiary/aromatic N) is 1. The quantitative estimate of drug-likeness (QED) is 0.610. The lowest BCUT2D eigenvalue weighted by atomic mass is 9.95. The van der Waals surface area contributed by atoms with Gasteiger partial charge in [0, 0.05) is 10.9 Å². The van der Waals surface area contributed by atoms with Crippen molar-refractivity contribution < 1.29 is 9.53 Å². The molecule has 1 heterocycles. The van der Waals surface area contributed by atoms with E-state index in [0.29, 0.717) is 12.2 Å². The normalized spacial score (nSPS) is 10.9. The fourth-order valence-corrected chi connectivity index (χ4v) is 3.27. The molecule has 2 aromatic carbocycles. The first-order chi connectivity index (χ1) is 11.9. The second-order valence-corrected chi connectivity index (χ2v) is 6.52. The SMILES string of the molecule is CCOC(=O)c1c(C)c(-c2ccc(C)cc2)nc2c(C)cc(C)cc12. The van der Waals surface area contributed by atoms with Gasteiger partial charge in [-0.3, -0.25) is 0 Å². The minimum Gasteiger partial charge on any atom is -0.462 e. The molecule has 0 saturated heterocycles. The molecule has 0 saturated carbocycles. The highest BCUT2D eigenvalue weighted by Crippen LogP contribution is 2.32. The van der Waals surface area contributed by atoms with Gasteiger partial charge in [0.05, 0.1) is 23.4 Å². The Morgan fingerprint density at radius 1 is 1.00 bits per heavy atom. The van der Waals surface area contributed by atoms with Crippen LogP contribution in [0.1, 0.15) is 39.5 Å². The van der Waals surface area contributed by atoms with Gasteiger partial charge in [-0.25, -0.2) is 9.78 Å². The van der Waals surface area contributed by atoms with Crippen LogP contribution in [0.3, 0.4) is 0 Å². The van der Waals surface area contributed by atoms with Crippen LogP contribution in [-0.2, 0) is 4.74 Å². The molecule has 3 heteroatoms. The highest BCUT2D eigenvalue weighted by atomic mass is 16.5. The number of fused-ring (bicyclic) bond motifs is 1. The Balaban J connectivity index is 2.38. The predicted octanol–water partition coefficient (Wildman–Crippen LogP) is 5.31. The Hall–Kier alpha value is -2.68. The van der Waals surface area contributed by atoms with Crippen molar-refractivity contribution in [3.63, 3.8) is 0 Å². The van der Waals surface area contributed by atoms with Crippen LogP contribution in [0.2, 0.25) is 0 Å². The number of pyridine rings is 1.